The summed E-state index contributed by atoms with van der Waals surface area (Å²) in [5.74, 6) is -2.47. The molecule has 0 saturated carbocycles. The molecule has 0 aliphatic carbocycles. The first kappa shape index (κ1) is 14.5. The van der Waals surface area contributed by atoms with Gasteiger partial charge in [-0.15, -0.1) is 0 Å². The molecule has 4 nitrogen and oxygen atoms in total. The van der Waals surface area contributed by atoms with Gasteiger partial charge in [-0.2, -0.15) is 0 Å². The molecule has 1 unspecified atom stereocenters. The smallest absolute Gasteiger partial charge is 0.287 e. The molecule has 0 bridgehead atoms. The lowest BCUT2D eigenvalue weighted by Crippen LogP contribution is -2.28. The lowest BCUT2D eigenvalue weighted by molar-refractivity contribution is 0.0884. The maximum Gasteiger partial charge on any atom is 0.287 e. The zero-order valence-electron chi connectivity index (χ0n) is 10.1. The molecule has 7 heteroatoms. The fourth-order valence-electron chi connectivity index (χ4n) is 1.64. The minimum atomic E-state index is -1.51. The van der Waals surface area contributed by atoms with Crippen molar-refractivity contribution in [1.82, 2.24) is 5.32 Å². The van der Waals surface area contributed by atoms with E-state index in [0.29, 0.717) is 0 Å². The van der Waals surface area contributed by atoms with Gasteiger partial charge in [-0.25, -0.2) is 8.78 Å². The summed E-state index contributed by atoms with van der Waals surface area (Å²) in [7, 11) is 0. The van der Waals surface area contributed by atoms with Gasteiger partial charge >= 0.3 is 0 Å². The predicted molar refractivity (Wildman–Crippen MR) is 67.4 cm³/mol. The molecule has 1 heterocycles. The third kappa shape index (κ3) is 3.15. The van der Waals surface area contributed by atoms with E-state index < -0.39 is 29.2 Å². The molecule has 2 aromatic rings. The minimum Gasteiger partial charge on any atom is -0.440 e. The Morgan fingerprint density at radius 1 is 1.30 bits per heavy atom. The van der Waals surface area contributed by atoms with Crippen LogP contribution in [0.15, 0.2) is 34.7 Å². The highest BCUT2D eigenvalue weighted by molar-refractivity contribution is 6.29. The van der Waals surface area contributed by atoms with Crippen LogP contribution in [-0.4, -0.2) is 17.6 Å². The van der Waals surface area contributed by atoms with E-state index in [1.165, 1.54) is 18.2 Å². The Morgan fingerprint density at radius 2 is 1.95 bits per heavy atom. The quantitative estimate of drug-likeness (QED) is 0.912. The van der Waals surface area contributed by atoms with E-state index in [1.807, 2.05) is 0 Å². The molecule has 0 fully saturated rings. The molecular formula is C13H10ClF2NO3. The second-order valence-corrected chi connectivity index (χ2v) is 4.34. The van der Waals surface area contributed by atoms with Crippen LogP contribution in [0, 0.1) is 11.6 Å². The number of aliphatic hydroxyl groups is 1. The minimum absolute atomic E-state index is 0.0378. The first-order chi connectivity index (χ1) is 9.49. The maximum atomic E-state index is 13.4. The number of benzene rings is 1. The number of carbonyl (C=O) groups is 1. The van der Waals surface area contributed by atoms with Crippen LogP contribution in [0.5, 0.6) is 0 Å². The van der Waals surface area contributed by atoms with Crippen molar-refractivity contribution < 1.29 is 23.1 Å². The van der Waals surface area contributed by atoms with Crippen molar-refractivity contribution in [3.8, 4) is 0 Å². The summed E-state index contributed by atoms with van der Waals surface area (Å²) in [6.07, 6.45) is -1.51. The average molecular weight is 302 g/mol. The summed E-state index contributed by atoms with van der Waals surface area (Å²) >= 11 is 5.51. The van der Waals surface area contributed by atoms with Crippen molar-refractivity contribution in [2.75, 3.05) is 6.54 Å². The van der Waals surface area contributed by atoms with Gasteiger partial charge in [0, 0.05) is 6.54 Å². The zero-order chi connectivity index (χ0) is 14.7. The van der Waals surface area contributed by atoms with Gasteiger partial charge < -0.3 is 14.8 Å². The van der Waals surface area contributed by atoms with Crippen molar-refractivity contribution in [3.63, 3.8) is 0 Å². The van der Waals surface area contributed by atoms with Gasteiger partial charge in [0.2, 0.25) is 0 Å². The lowest BCUT2D eigenvalue weighted by atomic mass is 10.1. The first-order valence-corrected chi connectivity index (χ1v) is 6.02. The predicted octanol–water partition coefficient (Wildman–Crippen LogP) is 2.67. The van der Waals surface area contributed by atoms with E-state index >= 15 is 0 Å². The topological polar surface area (TPSA) is 62.5 Å². The average Bonchev–Trinajstić information content (AvgIpc) is 2.82. The van der Waals surface area contributed by atoms with Crippen LogP contribution in [-0.2, 0) is 0 Å². The van der Waals surface area contributed by atoms with Crippen LogP contribution in [0.1, 0.15) is 22.2 Å². The summed E-state index contributed by atoms with van der Waals surface area (Å²) < 4.78 is 31.7. The second-order valence-electron chi connectivity index (χ2n) is 3.96. The SMILES string of the molecule is O=C(NCC(O)c1c(F)cccc1F)c1ccc(Cl)o1. The zero-order valence-corrected chi connectivity index (χ0v) is 10.8. The largest absolute Gasteiger partial charge is 0.440 e. The van der Waals surface area contributed by atoms with Crippen molar-refractivity contribution >= 4 is 17.5 Å². The summed E-state index contributed by atoms with van der Waals surface area (Å²) in [6.45, 7) is -0.366. The van der Waals surface area contributed by atoms with Gasteiger partial charge in [0.1, 0.15) is 17.7 Å². The normalized spacial score (nSPS) is 12.2. The van der Waals surface area contributed by atoms with Crippen LogP contribution in [0.4, 0.5) is 8.78 Å². The van der Waals surface area contributed by atoms with E-state index in [0.717, 1.165) is 12.1 Å². The van der Waals surface area contributed by atoms with Gasteiger partial charge in [-0.3, -0.25) is 4.79 Å². The highest BCUT2D eigenvalue weighted by Crippen LogP contribution is 2.20. The Balaban J connectivity index is 2.02. The fraction of sp³-hybridized carbons (Fsp3) is 0.154. The molecule has 0 spiro atoms. The second kappa shape index (κ2) is 6.02. The van der Waals surface area contributed by atoms with Gasteiger partial charge in [0.05, 0.1) is 5.56 Å². The van der Waals surface area contributed by atoms with Crippen LogP contribution in [0.2, 0.25) is 5.22 Å². The van der Waals surface area contributed by atoms with Crippen LogP contribution < -0.4 is 5.32 Å². The number of furan rings is 1. The first-order valence-electron chi connectivity index (χ1n) is 5.64. The van der Waals surface area contributed by atoms with Crippen molar-refractivity contribution in [2.45, 2.75) is 6.10 Å². The van der Waals surface area contributed by atoms with Crippen molar-refractivity contribution in [3.05, 3.63) is 58.5 Å². The molecule has 106 valence electrons. The molecule has 0 saturated heterocycles. The number of rotatable bonds is 4. The Kier molecular flexibility index (Phi) is 4.36. The summed E-state index contributed by atoms with van der Waals surface area (Å²) in [5, 5.41) is 12.1. The molecular weight excluding hydrogens is 292 g/mol. The highest BCUT2D eigenvalue weighted by Gasteiger charge is 2.19. The number of hydrogen-bond acceptors (Lipinski definition) is 3. The van der Waals surface area contributed by atoms with Crippen LogP contribution >= 0.6 is 11.6 Å². The summed E-state index contributed by atoms with van der Waals surface area (Å²) in [6, 6.07) is 5.95. The Labute approximate surface area is 118 Å². The molecule has 0 aliphatic rings. The number of amides is 1. The van der Waals surface area contributed by atoms with E-state index in [1.54, 1.807) is 0 Å². The van der Waals surface area contributed by atoms with Crippen molar-refractivity contribution in [2.24, 2.45) is 0 Å². The van der Waals surface area contributed by atoms with Gasteiger partial charge in [0.25, 0.3) is 5.91 Å². The molecule has 1 amide bonds. The number of aliphatic hydroxyl groups excluding tert-OH is 1. The third-order valence-corrected chi connectivity index (χ3v) is 2.79. The standard InChI is InChI=1S/C13H10ClF2NO3/c14-11-5-4-10(20-11)13(19)17-6-9(18)12-7(15)2-1-3-8(12)16/h1-5,9,18H,6H2,(H,17,19). The van der Waals surface area contributed by atoms with E-state index in [4.69, 9.17) is 16.0 Å². The van der Waals surface area contributed by atoms with Crippen molar-refractivity contribution in [1.29, 1.82) is 0 Å². The molecule has 20 heavy (non-hydrogen) atoms. The summed E-state index contributed by atoms with van der Waals surface area (Å²) in [4.78, 5) is 11.6. The van der Waals surface area contributed by atoms with Gasteiger partial charge in [-0.1, -0.05) is 6.07 Å². The van der Waals surface area contributed by atoms with E-state index in [2.05, 4.69) is 5.32 Å². The van der Waals surface area contributed by atoms with Crippen LogP contribution in [0.3, 0.4) is 0 Å². The monoisotopic (exact) mass is 301 g/mol. The highest BCUT2D eigenvalue weighted by atomic mass is 35.5. The fourth-order valence-corrected chi connectivity index (χ4v) is 1.79. The van der Waals surface area contributed by atoms with E-state index in [-0.39, 0.29) is 17.5 Å². The van der Waals surface area contributed by atoms with E-state index in [9.17, 15) is 18.7 Å². The van der Waals surface area contributed by atoms with Crippen LogP contribution in [0.25, 0.3) is 0 Å². The summed E-state index contributed by atoms with van der Waals surface area (Å²) in [5.41, 5.74) is -0.495. The Morgan fingerprint density at radius 3 is 2.50 bits per heavy atom. The maximum absolute atomic E-state index is 13.4. The molecule has 0 radical (unpaired) electrons. The molecule has 1 aromatic carbocycles. The third-order valence-electron chi connectivity index (χ3n) is 2.59. The molecule has 0 aliphatic heterocycles. The number of hydrogen-bond donors (Lipinski definition) is 2. The van der Waals surface area contributed by atoms with Gasteiger partial charge in [0.15, 0.2) is 11.0 Å². The molecule has 2 rings (SSSR count). The number of carbonyl (C=O) groups excluding carboxylic acids is 1. The molecule has 1 aromatic heterocycles. The Bertz CT molecular complexity index is 610. The number of halogens is 3. The Hall–Kier alpha value is -1.92. The van der Waals surface area contributed by atoms with Gasteiger partial charge in [-0.05, 0) is 35.9 Å². The lowest BCUT2D eigenvalue weighted by Gasteiger charge is -2.13. The molecule has 1 atom stereocenters. The molecule has 2 N–H and O–H groups in total. The number of nitrogens with one attached hydrogen (secondary N) is 1.